The lowest BCUT2D eigenvalue weighted by Crippen LogP contribution is -2.62. The van der Waals surface area contributed by atoms with Gasteiger partial charge in [-0.2, -0.15) is 0 Å². The number of anilines is 1. The van der Waals surface area contributed by atoms with Gasteiger partial charge in [-0.25, -0.2) is 22.3 Å². The van der Waals surface area contributed by atoms with Gasteiger partial charge in [0, 0.05) is 20.6 Å². The summed E-state index contributed by atoms with van der Waals surface area (Å²) in [5.74, 6) is -0.748. The highest BCUT2D eigenvalue weighted by Crippen LogP contribution is 2.56. The summed E-state index contributed by atoms with van der Waals surface area (Å²) in [6.45, 7) is 6.87. The van der Waals surface area contributed by atoms with E-state index < -0.39 is 47.8 Å². The molecule has 2 aliphatic rings. The summed E-state index contributed by atoms with van der Waals surface area (Å²) >= 11 is 0. The molecule has 0 aromatic heterocycles. The molecule has 1 saturated heterocycles. The van der Waals surface area contributed by atoms with Crippen molar-refractivity contribution in [2.75, 3.05) is 38.8 Å². The number of nitrogens with zero attached hydrogens (tertiary/aromatic N) is 2. The van der Waals surface area contributed by atoms with Gasteiger partial charge in [-0.1, -0.05) is 37.8 Å². The number of hydrogen-bond donors (Lipinski definition) is 0. The molecule has 0 saturated carbocycles. The monoisotopic (exact) mass is 576 g/mol. The van der Waals surface area contributed by atoms with Crippen LogP contribution in [0.5, 0.6) is 5.75 Å². The minimum Gasteiger partial charge on any atom is -0.497 e. The minimum absolute atomic E-state index is 0.0548. The number of sulfonamides is 1. The summed E-state index contributed by atoms with van der Waals surface area (Å²) < 4.78 is 51.3. The Morgan fingerprint density at radius 2 is 1.72 bits per heavy atom. The highest BCUT2D eigenvalue weighted by Gasteiger charge is 2.66. The second-order valence-corrected chi connectivity index (χ2v) is 18.4. The van der Waals surface area contributed by atoms with Gasteiger partial charge in [-0.15, -0.1) is 0 Å². The van der Waals surface area contributed by atoms with Crippen LogP contribution in [0.1, 0.15) is 17.9 Å². The Morgan fingerprint density at radius 1 is 1.03 bits per heavy atom. The highest BCUT2D eigenvalue weighted by atomic mass is 32.2. The molecule has 2 aromatic carbocycles. The zero-order valence-electron chi connectivity index (χ0n) is 23.2. The van der Waals surface area contributed by atoms with E-state index >= 15 is 0 Å². The molecule has 4 rings (SSSR count). The van der Waals surface area contributed by atoms with Crippen LogP contribution < -0.4 is 9.04 Å². The van der Waals surface area contributed by atoms with Gasteiger partial charge in [0.1, 0.15) is 11.9 Å². The van der Waals surface area contributed by atoms with Gasteiger partial charge in [0.05, 0.1) is 38.5 Å². The molecule has 2 aliphatic heterocycles. The number of benzene rings is 2. The van der Waals surface area contributed by atoms with Crippen molar-refractivity contribution in [3.05, 3.63) is 54.1 Å². The molecule has 0 radical (unpaired) electrons. The SMILES string of the molecule is COC(=O)N1[C@H]2[C@@H](C[C@]1(COCC[Si](C)(C)C)C(=O)OC)c1cc(OC)ccc1N2S(=O)(=O)c1ccccc1. The molecule has 0 bridgehead atoms. The maximum Gasteiger partial charge on any atom is 0.412 e. The Kier molecular flexibility index (Phi) is 8.02. The molecule has 2 heterocycles. The molecule has 39 heavy (non-hydrogen) atoms. The van der Waals surface area contributed by atoms with Gasteiger partial charge < -0.3 is 18.9 Å². The van der Waals surface area contributed by atoms with Crippen molar-refractivity contribution in [1.29, 1.82) is 0 Å². The van der Waals surface area contributed by atoms with Crippen LogP contribution in [0.2, 0.25) is 25.7 Å². The Hall–Kier alpha value is -3.09. The number of ether oxygens (including phenoxy) is 4. The molecule has 0 N–H and O–H groups in total. The number of carbonyl (C=O) groups excluding carboxylic acids is 2. The standard InChI is InChI=1S/C27H36N2O8SSi/c1-34-19-12-13-23-21(16-19)22-17-27(25(30)35-2,18-37-14-15-39(4,5)6)28(26(31)36-3)24(22)29(23)38(32,33)20-10-8-7-9-11-20/h7-13,16,22,24H,14-15,17-18H2,1-6H3/t22-,24+,27-/m0/s1. The predicted molar refractivity (Wildman–Crippen MR) is 148 cm³/mol. The lowest BCUT2D eigenvalue weighted by Gasteiger charge is -2.40. The lowest BCUT2D eigenvalue weighted by atomic mass is 9.89. The molecule has 10 nitrogen and oxygen atoms in total. The van der Waals surface area contributed by atoms with E-state index in [1.165, 1.54) is 42.7 Å². The summed E-state index contributed by atoms with van der Waals surface area (Å²) in [6, 6.07) is 13.9. The Bertz CT molecular complexity index is 1330. The van der Waals surface area contributed by atoms with E-state index in [0.29, 0.717) is 23.6 Å². The quantitative estimate of drug-likeness (QED) is 0.250. The molecule has 12 heteroatoms. The van der Waals surface area contributed by atoms with Crippen LogP contribution >= 0.6 is 0 Å². The summed E-state index contributed by atoms with van der Waals surface area (Å²) in [6.07, 6.45) is -1.87. The van der Waals surface area contributed by atoms with Crippen molar-refractivity contribution in [3.8, 4) is 5.75 Å². The summed E-state index contributed by atoms with van der Waals surface area (Å²) in [4.78, 5) is 28.2. The number of carbonyl (C=O) groups is 2. The number of esters is 1. The number of fused-ring (bicyclic) bond motifs is 3. The average Bonchev–Trinajstić information content (AvgIpc) is 3.41. The van der Waals surface area contributed by atoms with Crippen molar-refractivity contribution < 1.29 is 37.0 Å². The largest absolute Gasteiger partial charge is 0.497 e. The molecular weight excluding hydrogens is 540 g/mol. The fourth-order valence-electron chi connectivity index (χ4n) is 5.38. The third kappa shape index (κ3) is 5.12. The van der Waals surface area contributed by atoms with Gasteiger partial charge in [0.25, 0.3) is 10.0 Å². The maximum absolute atomic E-state index is 14.1. The predicted octanol–water partition coefficient (Wildman–Crippen LogP) is 4.05. The Morgan fingerprint density at radius 3 is 2.31 bits per heavy atom. The van der Waals surface area contributed by atoms with Crippen LogP contribution in [-0.2, 0) is 29.0 Å². The van der Waals surface area contributed by atoms with Gasteiger partial charge >= 0.3 is 12.1 Å². The van der Waals surface area contributed by atoms with Crippen LogP contribution in [0, 0.1) is 0 Å². The van der Waals surface area contributed by atoms with Crippen molar-refractivity contribution >= 4 is 35.8 Å². The van der Waals surface area contributed by atoms with Crippen LogP contribution in [0.4, 0.5) is 10.5 Å². The van der Waals surface area contributed by atoms with E-state index in [1.807, 2.05) is 0 Å². The first kappa shape index (κ1) is 28.9. The van der Waals surface area contributed by atoms with Crippen LogP contribution in [0.15, 0.2) is 53.4 Å². The van der Waals surface area contributed by atoms with E-state index in [2.05, 4.69) is 19.6 Å². The van der Waals surface area contributed by atoms with Gasteiger partial charge in [-0.3, -0.25) is 4.90 Å². The summed E-state index contributed by atoms with van der Waals surface area (Å²) in [7, 11) is -1.65. The first-order valence-electron chi connectivity index (χ1n) is 12.7. The molecule has 0 spiro atoms. The molecular formula is C27H36N2O8SSi. The molecule has 1 amide bonds. The molecule has 0 unspecified atom stereocenters. The van der Waals surface area contributed by atoms with Crippen molar-refractivity contribution in [3.63, 3.8) is 0 Å². The summed E-state index contributed by atoms with van der Waals surface area (Å²) in [5, 5.41) is 0. The molecule has 2 aromatic rings. The zero-order chi connectivity index (χ0) is 28.6. The topological polar surface area (TPSA) is 112 Å². The molecule has 3 atom stereocenters. The van der Waals surface area contributed by atoms with Gasteiger partial charge in [-0.05, 0) is 48.4 Å². The molecule has 1 fully saturated rings. The third-order valence-corrected chi connectivity index (χ3v) is 10.8. The number of methoxy groups -OCH3 is 3. The second-order valence-electron chi connectivity index (χ2n) is 11.0. The summed E-state index contributed by atoms with van der Waals surface area (Å²) in [5.41, 5.74) is -0.565. The third-order valence-electron chi connectivity index (χ3n) is 7.33. The van der Waals surface area contributed by atoms with E-state index in [-0.39, 0.29) is 17.9 Å². The maximum atomic E-state index is 14.1. The van der Waals surface area contributed by atoms with Crippen LogP contribution in [-0.4, -0.2) is 79.7 Å². The highest BCUT2D eigenvalue weighted by molar-refractivity contribution is 7.92. The number of hydrogen-bond acceptors (Lipinski definition) is 8. The van der Waals surface area contributed by atoms with E-state index in [0.717, 1.165) is 6.04 Å². The van der Waals surface area contributed by atoms with E-state index in [4.69, 9.17) is 18.9 Å². The number of amides is 1. The van der Waals surface area contributed by atoms with Crippen molar-refractivity contribution in [1.82, 2.24) is 4.90 Å². The van der Waals surface area contributed by atoms with E-state index in [1.54, 1.807) is 36.4 Å². The number of likely N-dealkylation sites (tertiary alicyclic amines) is 1. The van der Waals surface area contributed by atoms with Gasteiger partial charge in [0.2, 0.25) is 0 Å². The fourth-order valence-corrected chi connectivity index (χ4v) is 7.81. The van der Waals surface area contributed by atoms with Crippen LogP contribution in [0.25, 0.3) is 0 Å². The minimum atomic E-state index is -4.17. The van der Waals surface area contributed by atoms with E-state index in [9.17, 15) is 18.0 Å². The van der Waals surface area contributed by atoms with Gasteiger partial charge in [0.15, 0.2) is 5.54 Å². The smallest absolute Gasteiger partial charge is 0.412 e. The zero-order valence-corrected chi connectivity index (χ0v) is 25.0. The fraction of sp³-hybridized carbons (Fsp3) is 0.481. The van der Waals surface area contributed by atoms with Crippen molar-refractivity contribution in [2.24, 2.45) is 0 Å². The molecule has 212 valence electrons. The second kappa shape index (κ2) is 10.8. The average molecular weight is 577 g/mol. The normalized spacial score (nSPS) is 22.3. The lowest BCUT2D eigenvalue weighted by molar-refractivity contribution is -0.157. The number of rotatable bonds is 9. The van der Waals surface area contributed by atoms with Crippen LogP contribution in [0.3, 0.4) is 0 Å². The first-order valence-corrected chi connectivity index (χ1v) is 17.9. The Balaban J connectivity index is 1.89. The molecule has 0 aliphatic carbocycles. The van der Waals surface area contributed by atoms with Crippen molar-refractivity contribution in [2.45, 2.75) is 54.6 Å². The Labute approximate surface area is 230 Å². The first-order chi connectivity index (χ1) is 18.4.